The number of H-pyrrole nitrogens is 1. The van der Waals surface area contributed by atoms with Crippen LogP contribution in [0, 0.1) is 18.6 Å². The highest BCUT2D eigenvalue weighted by molar-refractivity contribution is 5.97. The zero-order chi connectivity index (χ0) is 16.1. The van der Waals surface area contributed by atoms with E-state index < -0.39 is 11.5 Å². The Balaban J connectivity index is 2.33. The molecule has 0 spiro atoms. The Labute approximate surface area is 126 Å². The predicted molar refractivity (Wildman–Crippen MR) is 82.1 cm³/mol. The van der Waals surface area contributed by atoms with Gasteiger partial charge in [0.2, 0.25) is 0 Å². The molecule has 5 heteroatoms. The molecule has 0 saturated heterocycles. The molecular weight excluding hydrogens is 286 g/mol. The van der Waals surface area contributed by atoms with Crippen LogP contribution in [0.15, 0.2) is 36.4 Å². The summed E-state index contributed by atoms with van der Waals surface area (Å²) < 4.78 is 27.1. The molecule has 0 radical (unpaired) electrons. The molecule has 0 saturated carbocycles. The van der Waals surface area contributed by atoms with Gasteiger partial charge in [0.1, 0.15) is 11.6 Å². The van der Waals surface area contributed by atoms with E-state index in [-0.39, 0.29) is 5.82 Å². The summed E-state index contributed by atoms with van der Waals surface area (Å²) in [4.78, 5) is 3.08. The lowest BCUT2D eigenvalue weighted by atomic mass is 10.0. The molecule has 0 bridgehead atoms. The Morgan fingerprint density at radius 1 is 1.09 bits per heavy atom. The normalized spacial score (nSPS) is 14.3. The van der Waals surface area contributed by atoms with Gasteiger partial charge in [-0.05, 0) is 49.2 Å². The summed E-state index contributed by atoms with van der Waals surface area (Å²) in [6.07, 6.45) is 0. The second kappa shape index (κ2) is 4.90. The van der Waals surface area contributed by atoms with Crippen molar-refractivity contribution in [2.24, 2.45) is 5.73 Å². The Morgan fingerprint density at radius 2 is 1.73 bits per heavy atom. The zero-order valence-corrected chi connectivity index (χ0v) is 12.2. The van der Waals surface area contributed by atoms with Crippen molar-refractivity contribution in [1.82, 2.24) is 4.98 Å². The Hall–Kier alpha value is -2.24. The molecule has 114 valence electrons. The number of aromatic amines is 1. The third-order valence-electron chi connectivity index (χ3n) is 3.79. The van der Waals surface area contributed by atoms with Crippen LogP contribution in [0.3, 0.4) is 0 Å². The minimum atomic E-state index is -1.56. The first-order valence-corrected chi connectivity index (χ1v) is 6.87. The molecule has 3 aromatic rings. The molecule has 1 atom stereocenters. The summed E-state index contributed by atoms with van der Waals surface area (Å²) in [6, 6.07) is 8.58. The van der Waals surface area contributed by atoms with E-state index in [2.05, 4.69) is 4.98 Å². The number of nitrogens with two attached hydrogens (primary N) is 1. The molecular formula is C17H16F2N2O. The number of fused-ring (bicyclic) bond motifs is 1. The molecule has 0 fully saturated rings. The first-order chi connectivity index (χ1) is 10.3. The average molecular weight is 302 g/mol. The van der Waals surface area contributed by atoms with Gasteiger partial charge in [-0.1, -0.05) is 12.1 Å². The Kier molecular flexibility index (Phi) is 3.27. The lowest BCUT2D eigenvalue weighted by Crippen LogP contribution is -2.33. The van der Waals surface area contributed by atoms with Crippen molar-refractivity contribution in [3.05, 3.63) is 59.3 Å². The molecule has 22 heavy (non-hydrogen) atoms. The fourth-order valence-corrected chi connectivity index (χ4v) is 2.75. The van der Waals surface area contributed by atoms with Gasteiger partial charge < -0.3 is 10.1 Å². The number of hydrogen-bond acceptors (Lipinski definition) is 2. The standard InChI is InChI=1S/C17H16F2N2O/c1-9-13-7-12(19)8-14(10-3-5-11(18)6-4-10)15(13)21-16(9)17(2,20)22/h3-8,21-22H,20H2,1-2H3. The first kappa shape index (κ1) is 14.7. The van der Waals surface area contributed by atoms with Crippen molar-refractivity contribution in [2.75, 3.05) is 0 Å². The molecule has 0 aliphatic heterocycles. The summed E-state index contributed by atoms with van der Waals surface area (Å²) in [5.41, 5.74) is 7.23. The first-order valence-electron chi connectivity index (χ1n) is 6.87. The van der Waals surface area contributed by atoms with Gasteiger partial charge in [0.25, 0.3) is 0 Å². The summed E-state index contributed by atoms with van der Waals surface area (Å²) in [6.45, 7) is 3.22. The number of aliphatic hydroxyl groups is 1. The SMILES string of the molecule is Cc1c(C(C)(N)O)[nH]c2c(-c3ccc(F)cc3)cc(F)cc12. The van der Waals surface area contributed by atoms with Gasteiger partial charge >= 0.3 is 0 Å². The van der Waals surface area contributed by atoms with Crippen LogP contribution in [-0.2, 0) is 5.72 Å². The highest BCUT2D eigenvalue weighted by Gasteiger charge is 2.24. The van der Waals surface area contributed by atoms with Crippen LogP contribution in [0.25, 0.3) is 22.0 Å². The van der Waals surface area contributed by atoms with Crippen molar-refractivity contribution in [1.29, 1.82) is 0 Å². The number of hydrogen-bond donors (Lipinski definition) is 3. The van der Waals surface area contributed by atoms with E-state index >= 15 is 0 Å². The summed E-state index contributed by atoms with van der Waals surface area (Å²) in [5.74, 6) is -0.762. The van der Waals surface area contributed by atoms with Crippen LogP contribution in [0.1, 0.15) is 18.2 Å². The van der Waals surface area contributed by atoms with Gasteiger partial charge in [-0.15, -0.1) is 0 Å². The molecule has 3 nitrogen and oxygen atoms in total. The smallest absolute Gasteiger partial charge is 0.151 e. The van der Waals surface area contributed by atoms with Crippen LogP contribution in [0.5, 0.6) is 0 Å². The van der Waals surface area contributed by atoms with E-state index in [0.29, 0.717) is 33.3 Å². The fraction of sp³-hybridized carbons (Fsp3) is 0.176. The third kappa shape index (κ3) is 2.38. The number of rotatable bonds is 2. The van der Waals surface area contributed by atoms with Crippen molar-refractivity contribution >= 4 is 10.9 Å². The Bertz CT molecular complexity index is 846. The molecule has 0 aliphatic carbocycles. The summed E-state index contributed by atoms with van der Waals surface area (Å²) in [7, 11) is 0. The van der Waals surface area contributed by atoms with Crippen molar-refractivity contribution in [3.63, 3.8) is 0 Å². The lowest BCUT2D eigenvalue weighted by Gasteiger charge is -2.16. The molecule has 1 unspecified atom stereocenters. The zero-order valence-electron chi connectivity index (χ0n) is 12.2. The van der Waals surface area contributed by atoms with E-state index in [4.69, 9.17) is 5.73 Å². The molecule has 4 N–H and O–H groups in total. The van der Waals surface area contributed by atoms with E-state index in [0.717, 1.165) is 0 Å². The summed E-state index contributed by atoms with van der Waals surface area (Å²) >= 11 is 0. The maximum atomic E-state index is 14.0. The lowest BCUT2D eigenvalue weighted by molar-refractivity contribution is 0.0602. The van der Waals surface area contributed by atoms with Gasteiger partial charge in [-0.3, -0.25) is 5.73 Å². The monoisotopic (exact) mass is 302 g/mol. The van der Waals surface area contributed by atoms with Crippen LogP contribution in [0.2, 0.25) is 0 Å². The quantitative estimate of drug-likeness (QED) is 0.634. The van der Waals surface area contributed by atoms with Crippen LogP contribution < -0.4 is 5.73 Å². The van der Waals surface area contributed by atoms with Gasteiger partial charge in [0.05, 0.1) is 11.2 Å². The number of aryl methyl sites for hydroxylation is 1. The highest BCUT2D eigenvalue weighted by Crippen LogP contribution is 2.34. The van der Waals surface area contributed by atoms with Crippen molar-refractivity contribution in [3.8, 4) is 11.1 Å². The van der Waals surface area contributed by atoms with Crippen LogP contribution in [-0.4, -0.2) is 10.1 Å². The minimum absolute atomic E-state index is 0.357. The second-order valence-electron chi connectivity index (χ2n) is 5.66. The van der Waals surface area contributed by atoms with Crippen molar-refractivity contribution < 1.29 is 13.9 Å². The van der Waals surface area contributed by atoms with Crippen molar-refractivity contribution in [2.45, 2.75) is 19.6 Å². The molecule has 3 rings (SSSR count). The molecule has 0 aliphatic rings. The van der Waals surface area contributed by atoms with E-state index in [1.54, 1.807) is 19.1 Å². The Morgan fingerprint density at radius 3 is 2.32 bits per heavy atom. The number of benzene rings is 2. The maximum absolute atomic E-state index is 14.0. The van der Waals surface area contributed by atoms with Crippen LogP contribution >= 0.6 is 0 Å². The third-order valence-corrected chi connectivity index (χ3v) is 3.79. The summed E-state index contributed by atoms with van der Waals surface area (Å²) in [5, 5.41) is 10.7. The minimum Gasteiger partial charge on any atom is -0.371 e. The molecule has 0 amide bonds. The fourth-order valence-electron chi connectivity index (χ4n) is 2.75. The molecule has 1 aromatic heterocycles. The van der Waals surface area contributed by atoms with Crippen LogP contribution in [0.4, 0.5) is 8.78 Å². The van der Waals surface area contributed by atoms with Gasteiger partial charge in [0, 0.05) is 10.9 Å². The van der Waals surface area contributed by atoms with Gasteiger partial charge in [0.15, 0.2) is 5.72 Å². The van der Waals surface area contributed by atoms with E-state index in [1.165, 1.54) is 31.2 Å². The number of nitrogens with one attached hydrogen (secondary N) is 1. The van der Waals surface area contributed by atoms with E-state index in [1.807, 2.05) is 0 Å². The maximum Gasteiger partial charge on any atom is 0.151 e. The van der Waals surface area contributed by atoms with Gasteiger partial charge in [-0.2, -0.15) is 0 Å². The number of aromatic nitrogens is 1. The largest absolute Gasteiger partial charge is 0.371 e. The average Bonchev–Trinajstić information content (AvgIpc) is 2.76. The molecule has 2 aromatic carbocycles. The number of halogens is 2. The second-order valence-corrected chi connectivity index (χ2v) is 5.66. The van der Waals surface area contributed by atoms with Gasteiger partial charge in [-0.25, -0.2) is 8.78 Å². The highest BCUT2D eigenvalue weighted by atomic mass is 19.1. The predicted octanol–water partition coefficient (Wildman–Crippen LogP) is 3.55. The molecule has 1 heterocycles. The van der Waals surface area contributed by atoms with E-state index in [9.17, 15) is 13.9 Å². The topological polar surface area (TPSA) is 62.0 Å².